The molecule has 12 aromatic rings. The smallest absolute Gasteiger partial charge is 0.203 e. The molecule has 0 aliphatic rings. The molecular formula is C107H106N4O19. The second kappa shape index (κ2) is 51.6. The van der Waals surface area contributed by atoms with Crippen molar-refractivity contribution in [3.05, 3.63) is 365 Å². The Morgan fingerprint density at radius 2 is 0.462 bits per heavy atom. The second-order valence-electron chi connectivity index (χ2n) is 27.6. The van der Waals surface area contributed by atoms with Gasteiger partial charge in [-0.3, -0.25) is 19.2 Å². The molecule has 0 heterocycles. The minimum Gasteiger partial charge on any atom is -0.497 e. The number of carbonyl (C=O) groups is 4. The van der Waals surface area contributed by atoms with Crippen molar-refractivity contribution in [2.24, 2.45) is 0 Å². The number of anilines is 4. The summed E-state index contributed by atoms with van der Waals surface area (Å²) in [6.45, 7) is 0. The molecule has 0 saturated heterocycles. The minimum atomic E-state index is -0.140. The lowest BCUT2D eigenvalue weighted by Gasteiger charge is -2.12. The van der Waals surface area contributed by atoms with E-state index in [2.05, 4.69) is 21.3 Å². The summed E-state index contributed by atoms with van der Waals surface area (Å²) < 4.78 is 80.2. The van der Waals surface area contributed by atoms with Crippen molar-refractivity contribution in [2.45, 2.75) is 0 Å². The predicted octanol–water partition coefficient (Wildman–Crippen LogP) is 22.8. The van der Waals surface area contributed by atoms with Crippen LogP contribution in [0.4, 0.5) is 22.7 Å². The van der Waals surface area contributed by atoms with E-state index in [4.69, 9.17) is 71.1 Å². The van der Waals surface area contributed by atoms with Crippen LogP contribution in [0.3, 0.4) is 0 Å². The van der Waals surface area contributed by atoms with Gasteiger partial charge >= 0.3 is 0 Å². The zero-order valence-corrected chi connectivity index (χ0v) is 75.2. The lowest BCUT2D eigenvalue weighted by molar-refractivity contribution is 0.103. The van der Waals surface area contributed by atoms with Gasteiger partial charge in [0, 0.05) is 88.5 Å². The Bertz CT molecular complexity index is 5930. The highest BCUT2D eigenvalue weighted by atomic mass is 16.6. The van der Waals surface area contributed by atoms with Crippen molar-refractivity contribution < 1.29 is 90.2 Å². The van der Waals surface area contributed by atoms with Gasteiger partial charge < -0.3 is 92.3 Å². The van der Waals surface area contributed by atoms with E-state index < -0.39 is 0 Å². The van der Waals surface area contributed by atoms with E-state index in [0.717, 1.165) is 67.3 Å². The van der Waals surface area contributed by atoms with Crippen LogP contribution in [0.1, 0.15) is 85.9 Å². The molecule has 23 nitrogen and oxygen atoms in total. The monoisotopic (exact) mass is 1750 g/mol. The van der Waals surface area contributed by atoms with E-state index in [9.17, 15) is 19.2 Å². The SMILES string of the molecule is COc1cc(/C=C\c2cccc(N/C=C\C(=O)c3ccccc3)c2)cc(OC)c1OC.COc1ccc(C(=O)/C=C\Nc2cccc(/C=C\c3cc(OC)c(OC)c(OC)c3)c2)cc1.COc1cccc(C(=O)/C=C\Nc2cccc(/C=C\c3cc(OC)c(OC)c(OC)c3)c2)c1.COc1ccccc1C(=O)/C=C\Nc1cccc(/C=C\c2cc(OC)c(OC)c(OC)c2)c1. The molecule has 130 heavy (non-hydrogen) atoms. The third-order valence-electron chi connectivity index (χ3n) is 19.3. The van der Waals surface area contributed by atoms with E-state index in [0.29, 0.717) is 108 Å². The Labute approximate surface area is 759 Å². The summed E-state index contributed by atoms with van der Waals surface area (Å²) in [4.78, 5) is 49.2. The molecule has 12 aromatic carbocycles. The Balaban J connectivity index is 0.000000195. The first-order valence-corrected chi connectivity index (χ1v) is 40.6. The van der Waals surface area contributed by atoms with Crippen LogP contribution in [0, 0.1) is 0 Å². The summed E-state index contributed by atoms with van der Waals surface area (Å²) in [5, 5.41) is 12.6. The Kier molecular flexibility index (Phi) is 38.6. The topological polar surface area (TPSA) is 255 Å². The van der Waals surface area contributed by atoms with Gasteiger partial charge in [0.25, 0.3) is 0 Å². The van der Waals surface area contributed by atoms with Crippen LogP contribution in [0.2, 0.25) is 0 Å². The average molecular weight is 1750 g/mol. The van der Waals surface area contributed by atoms with Crippen molar-refractivity contribution >= 4 is 94.5 Å². The fourth-order valence-corrected chi connectivity index (χ4v) is 12.7. The van der Waals surface area contributed by atoms with Crippen LogP contribution in [-0.2, 0) is 0 Å². The van der Waals surface area contributed by atoms with Crippen LogP contribution in [0.15, 0.2) is 298 Å². The molecule has 0 atom stereocenters. The van der Waals surface area contributed by atoms with Gasteiger partial charge in [-0.15, -0.1) is 0 Å². The number of ether oxygens (including phenoxy) is 15. The largest absolute Gasteiger partial charge is 0.497 e. The number of nitrogens with one attached hydrogen (secondary N) is 4. The zero-order valence-electron chi connectivity index (χ0n) is 75.2. The summed E-state index contributed by atoms with van der Waals surface area (Å²) >= 11 is 0. The third-order valence-corrected chi connectivity index (χ3v) is 19.3. The van der Waals surface area contributed by atoms with Crippen molar-refractivity contribution in [1.82, 2.24) is 0 Å². The summed E-state index contributed by atoms with van der Waals surface area (Å²) in [5.41, 5.74) is 13.4. The van der Waals surface area contributed by atoms with Crippen LogP contribution < -0.4 is 92.3 Å². The van der Waals surface area contributed by atoms with E-state index in [1.165, 1.54) is 24.3 Å². The standard InChI is InChI=1S/3C27H27NO5.C26H25NO4/c1-30-23-10-6-8-21(18-23)24(29)13-14-28-22-9-5-7-19(15-22)11-12-20-16-25(31-2)27(33-4)26(17-20)32-3;1-30-24-11-6-5-10-22(24)23(29)14-15-28-21-9-7-8-19(16-21)12-13-20-17-25(31-2)27(33-4)26(18-20)32-3;1-30-23-12-10-21(11-13-23)24(29)14-15-28-22-7-5-6-19(16-22)8-9-20-17-25(31-2)27(33-4)26(18-20)32-3;1-29-24-17-20(18-25(30-2)26(24)31-3)13-12-19-8-7-11-22(16-19)27-15-14-23(28)21-9-5-4-6-10-21/h3*5-18,28H,1-4H3;4-18,27H,1-3H3/b12-11-,14-13-;13-12-,15-14-;9-8-,15-14-;13-12-,15-14-. The van der Waals surface area contributed by atoms with Crippen molar-refractivity contribution in [1.29, 1.82) is 0 Å². The first-order chi connectivity index (χ1) is 63.4. The maximum Gasteiger partial charge on any atom is 0.203 e. The number of ketones is 4. The highest BCUT2D eigenvalue weighted by Gasteiger charge is 2.18. The first kappa shape index (κ1) is 97.2. The molecule has 0 aliphatic heterocycles. The van der Waals surface area contributed by atoms with Crippen molar-refractivity contribution in [2.75, 3.05) is 128 Å². The second-order valence-corrected chi connectivity index (χ2v) is 27.6. The van der Waals surface area contributed by atoms with Gasteiger partial charge in [0.05, 0.1) is 112 Å². The number of allylic oxidation sites excluding steroid dienone is 4. The molecule has 0 spiro atoms. The van der Waals surface area contributed by atoms with Gasteiger partial charge in [-0.05, 0) is 190 Å². The van der Waals surface area contributed by atoms with E-state index in [1.807, 2.05) is 218 Å². The van der Waals surface area contributed by atoms with Gasteiger partial charge in [0.2, 0.25) is 23.0 Å². The van der Waals surface area contributed by atoms with Crippen LogP contribution in [0.25, 0.3) is 48.6 Å². The van der Waals surface area contributed by atoms with Crippen LogP contribution >= 0.6 is 0 Å². The van der Waals surface area contributed by atoms with Gasteiger partial charge in [0.1, 0.15) is 17.2 Å². The maximum atomic E-state index is 12.4. The molecule has 0 radical (unpaired) electrons. The molecule has 0 aliphatic carbocycles. The summed E-state index contributed by atoms with van der Waals surface area (Å²) in [5.74, 6) is 8.51. The molecule has 0 unspecified atom stereocenters. The van der Waals surface area contributed by atoms with E-state index >= 15 is 0 Å². The maximum absolute atomic E-state index is 12.4. The number of rotatable bonds is 39. The quantitative estimate of drug-likeness (QED) is 0.0159. The predicted molar refractivity (Wildman–Crippen MR) is 520 cm³/mol. The minimum absolute atomic E-state index is 0.0495. The highest BCUT2D eigenvalue weighted by molar-refractivity contribution is 6.07. The molecule has 4 N–H and O–H groups in total. The van der Waals surface area contributed by atoms with Crippen LogP contribution in [0.5, 0.6) is 86.2 Å². The Hall–Kier alpha value is -16.6. The first-order valence-electron chi connectivity index (χ1n) is 40.6. The van der Waals surface area contributed by atoms with Gasteiger partial charge in [-0.25, -0.2) is 0 Å². The number of para-hydroxylation sites is 1. The van der Waals surface area contributed by atoms with Gasteiger partial charge in [-0.2, -0.15) is 0 Å². The number of methoxy groups -OCH3 is 15. The number of hydrogen-bond acceptors (Lipinski definition) is 23. The van der Waals surface area contributed by atoms with Gasteiger partial charge in [0.15, 0.2) is 69.1 Å². The summed E-state index contributed by atoms with van der Waals surface area (Å²) in [7, 11) is 23.7. The van der Waals surface area contributed by atoms with Crippen molar-refractivity contribution in [3.63, 3.8) is 0 Å². The molecule has 12 rings (SSSR count). The van der Waals surface area contributed by atoms with Gasteiger partial charge in [-0.1, -0.05) is 152 Å². The number of hydrogen-bond donors (Lipinski definition) is 4. The lowest BCUT2D eigenvalue weighted by atomic mass is 10.1. The molecule has 23 heteroatoms. The molecule has 668 valence electrons. The molecular weight excluding hydrogens is 1650 g/mol. The number of carbonyl (C=O) groups excluding carboxylic acids is 4. The fraction of sp³-hybridized carbons (Fsp3) is 0.140. The average Bonchev–Trinajstić information content (AvgIpc) is 0.838. The van der Waals surface area contributed by atoms with Crippen molar-refractivity contribution in [3.8, 4) is 86.2 Å². The molecule has 0 fully saturated rings. The van der Waals surface area contributed by atoms with E-state index in [-0.39, 0.29) is 23.1 Å². The summed E-state index contributed by atoms with van der Waals surface area (Å²) in [6, 6.07) is 76.8. The molecule has 0 aromatic heterocycles. The molecule has 0 saturated carbocycles. The number of benzene rings is 12. The van der Waals surface area contributed by atoms with E-state index in [1.54, 1.807) is 210 Å². The lowest BCUT2D eigenvalue weighted by Crippen LogP contribution is -1.99. The summed E-state index contributed by atoms with van der Waals surface area (Å²) in [6.07, 6.45) is 28.3. The van der Waals surface area contributed by atoms with Crippen LogP contribution in [-0.4, -0.2) is 130 Å². The Morgan fingerprint density at radius 1 is 0.200 bits per heavy atom. The zero-order chi connectivity index (χ0) is 92.9. The molecule has 0 bridgehead atoms. The fourth-order valence-electron chi connectivity index (χ4n) is 12.7. The molecule has 0 amide bonds. The normalized spacial score (nSPS) is 10.9. The third kappa shape index (κ3) is 29.0. The highest BCUT2D eigenvalue weighted by Crippen LogP contribution is 2.43. The Morgan fingerprint density at radius 3 is 0.762 bits per heavy atom.